The third-order valence-corrected chi connectivity index (χ3v) is 5.38. The molecule has 6 heteroatoms. The Morgan fingerprint density at radius 1 is 1.03 bits per heavy atom. The predicted molar refractivity (Wildman–Crippen MR) is 106 cm³/mol. The van der Waals surface area contributed by atoms with Gasteiger partial charge in [-0.1, -0.05) is 35.9 Å². The molecule has 0 saturated carbocycles. The van der Waals surface area contributed by atoms with Crippen LogP contribution in [0.1, 0.15) is 33.5 Å². The number of aromatic nitrogens is 2. The predicted octanol–water partition coefficient (Wildman–Crippen LogP) is 5.34. The lowest BCUT2D eigenvalue weighted by Gasteiger charge is -2.28. The van der Waals surface area contributed by atoms with Gasteiger partial charge in [-0.25, -0.2) is 9.97 Å². The second-order valence-corrected chi connectivity index (χ2v) is 7.63. The van der Waals surface area contributed by atoms with Crippen molar-refractivity contribution in [2.45, 2.75) is 39.5 Å². The highest BCUT2D eigenvalue weighted by molar-refractivity contribution is 5.56. The number of aryl methyl sites for hydroxylation is 2. The van der Waals surface area contributed by atoms with Crippen LogP contribution in [0.15, 0.2) is 48.7 Å². The largest absolute Gasteiger partial charge is 0.416 e. The molecule has 1 aliphatic rings. The summed E-state index contributed by atoms with van der Waals surface area (Å²) in [7, 11) is 0. The van der Waals surface area contributed by atoms with Gasteiger partial charge >= 0.3 is 6.18 Å². The molecule has 150 valence electrons. The molecular formula is C23H22F3N3. The Bertz CT molecular complexity index is 1030. The maximum atomic E-state index is 12.8. The van der Waals surface area contributed by atoms with Crippen molar-refractivity contribution in [3.8, 4) is 11.4 Å². The summed E-state index contributed by atoms with van der Waals surface area (Å²) in [5, 5.41) is 0. The maximum Gasteiger partial charge on any atom is 0.416 e. The number of benzene rings is 2. The highest BCUT2D eigenvalue weighted by Gasteiger charge is 2.30. The third-order valence-electron chi connectivity index (χ3n) is 5.38. The molecule has 0 bridgehead atoms. The van der Waals surface area contributed by atoms with Gasteiger partial charge in [-0.2, -0.15) is 13.2 Å². The van der Waals surface area contributed by atoms with Gasteiger partial charge in [0, 0.05) is 43.4 Å². The molecule has 0 spiro atoms. The first-order valence-corrected chi connectivity index (χ1v) is 9.60. The van der Waals surface area contributed by atoms with E-state index in [1.165, 1.54) is 28.8 Å². The van der Waals surface area contributed by atoms with Crippen molar-refractivity contribution in [3.63, 3.8) is 0 Å². The van der Waals surface area contributed by atoms with Crippen molar-refractivity contribution in [2.75, 3.05) is 6.54 Å². The van der Waals surface area contributed by atoms with Gasteiger partial charge in [-0.3, -0.25) is 4.90 Å². The van der Waals surface area contributed by atoms with Crippen LogP contribution in [-0.2, 0) is 25.7 Å². The molecule has 29 heavy (non-hydrogen) atoms. The summed E-state index contributed by atoms with van der Waals surface area (Å²) in [5.41, 5.74) is 5.86. The monoisotopic (exact) mass is 397 g/mol. The lowest BCUT2D eigenvalue weighted by atomic mass is 10.0. The van der Waals surface area contributed by atoms with Crippen LogP contribution in [0.3, 0.4) is 0 Å². The molecular weight excluding hydrogens is 375 g/mol. The zero-order valence-corrected chi connectivity index (χ0v) is 16.4. The van der Waals surface area contributed by atoms with Crippen LogP contribution in [0.2, 0.25) is 0 Å². The smallest absolute Gasteiger partial charge is 0.294 e. The van der Waals surface area contributed by atoms with E-state index in [9.17, 15) is 13.2 Å². The van der Waals surface area contributed by atoms with Crippen LogP contribution >= 0.6 is 0 Å². The molecule has 0 radical (unpaired) electrons. The van der Waals surface area contributed by atoms with Crippen molar-refractivity contribution in [1.29, 1.82) is 0 Å². The minimum atomic E-state index is -4.34. The van der Waals surface area contributed by atoms with Gasteiger partial charge in [0.2, 0.25) is 0 Å². The van der Waals surface area contributed by atoms with Crippen molar-refractivity contribution in [1.82, 2.24) is 14.9 Å². The molecule has 0 fully saturated rings. The van der Waals surface area contributed by atoms with E-state index in [-0.39, 0.29) is 0 Å². The van der Waals surface area contributed by atoms with Crippen LogP contribution in [0.25, 0.3) is 11.4 Å². The van der Waals surface area contributed by atoms with E-state index >= 15 is 0 Å². The van der Waals surface area contributed by atoms with Crippen molar-refractivity contribution in [3.05, 3.63) is 82.2 Å². The van der Waals surface area contributed by atoms with E-state index in [4.69, 9.17) is 0 Å². The van der Waals surface area contributed by atoms with Crippen LogP contribution in [0.4, 0.5) is 13.2 Å². The molecule has 0 N–H and O–H groups in total. The van der Waals surface area contributed by atoms with E-state index in [0.29, 0.717) is 11.4 Å². The van der Waals surface area contributed by atoms with Crippen molar-refractivity contribution < 1.29 is 13.2 Å². The fraction of sp³-hybridized carbons (Fsp3) is 0.304. The van der Waals surface area contributed by atoms with E-state index in [2.05, 4.69) is 46.9 Å². The van der Waals surface area contributed by atoms with E-state index in [1.807, 2.05) is 6.20 Å². The molecule has 0 aliphatic carbocycles. The minimum Gasteiger partial charge on any atom is -0.294 e. The highest BCUT2D eigenvalue weighted by Crippen LogP contribution is 2.30. The summed E-state index contributed by atoms with van der Waals surface area (Å²) in [6.45, 7) is 6.78. The quantitative estimate of drug-likeness (QED) is 0.598. The Hall–Kier alpha value is -2.73. The summed E-state index contributed by atoms with van der Waals surface area (Å²) >= 11 is 0. The van der Waals surface area contributed by atoms with Gasteiger partial charge in [0.25, 0.3) is 0 Å². The molecule has 3 nitrogen and oxygen atoms in total. The number of halogens is 3. The number of nitrogens with zero attached hydrogens (tertiary/aromatic N) is 3. The molecule has 3 aromatic rings. The number of fused-ring (bicyclic) bond motifs is 1. The normalized spacial score (nSPS) is 14.7. The number of hydrogen-bond acceptors (Lipinski definition) is 3. The number of alkyl halides is 3. The van der Waals surface area contributed by atoms with Gasteiger partial charge < -0.3 is 0 Å². The molecule has 0 unspecified atom stereocenters. The van der Waals surface area contributed by atoms with Crippen molar-refractivity contribution in [2.24, 2.45) is 0 Å². The summed E-state index contributed by atoms with van der Waals surface area (Å²) in [5.74, 6) is 0.473. The Kier molecular flexibility index (Phi) is 5.13. The average Bonchev–Trinajstić information content (AvgIpc) is 2.70. The summed E-state index contributed by atoms with van der Waals surface area (Å²) in [4.78, 5) is 11.4. The first-order chi connectivity index (χ1) is 13.8. The van der Waals surface area contributed by atoms with E-state index in [1.54, 1.807) is 0 Å². The zero-order valence-electron chi connectivity index (χ0n) is 16.4. The van der Waals surface area contributed by atoms with Gasteiger partial charge in [0.15, 0.2) is 5.82 Å². The first-order valence-electron chi connectivity index (χ1n) is 9.60. The van der Waals surface area contributed by atoms with Crippen LogP contribution in [0, 0.1) is 13.8 Å². The fourth-order valence-corrected chi connectivity index (χ4v) is 3.67. The van der Waals surface area contributed by atoms with E-state index < -0.39 is 11.7 Å². The Balaban J connectivity index is 1.50. The molecule has 2 heterocycles. The van der Waals surface area contributed by atoms with Gasteiger partial charge in [0.05, 0.1) is 11.3 Å². The number of rotatable bonds is 3. The fourth-order valence-electron chi connectivity index (χ4n) is 3.67. The summed E-state index contributed by atoms with van der Waals surface area (Å²) in [6.07, 6.45) is -1.73. The average molecular weight is 397 g/mol. The van der Waals surface area contributed by atoms with Gasteiger partial charge in [0.1, 0.15) is 0 Å². The highest BCUT2D eigenvalue weighted by atomic mass is 19.4. The lowest BCUT2D eigenvalue weighted by molar-refractivity contribution is -0.137. The van der Waals surface area contributed by atoms with Crippen molar-refractivity contribution >= 4 is 0 Å². The standard InChI is InChI=1S/C23H22F3N3/c1-15-3-4-16(2)18(11-15)13-29-10-9-21-19(14-29)12-27-22(28-21)17-5-7-20(8-6-17)23(24,25)26/h3-8,11-12H,9-10,13-14H2,1-2H3. The maximum absolute atomic E-state index is 12.8. The summed E-state index contributed by atoms with van der Waals surface area (Å²) in [6, 6.07) is 11.5. The molecule has 0 atom stereocenters. The van der Waals surface area contributed by atoms with Gasteiger partial charge in [-0.05, 0) is 37.1 Å². The van der Waals surface area contributed by atoms with Crippen LogP contribution < -0.4 is 0 Å². The first kappa shape index (κ1) is 19.6. The van der Waals surface area contributed by atoms with Crippen LogP contribution in [-0.4, -0.2) is 21.4 Å². The molecule has 1 aromatic heterocycles. The molecule has 4 rings (SSSR count). The topological polar surface area (TPSA) is 29.0 Å². The zero-order chi connectivity index (χ0) is 20.6. The number of hydrogen-bond donors (Lipinski definition) is 0. The summed E-state index contributed by atoms with van der Waals surface area (Å²) < 4.78 is 38.3. The van der Waals surface area contributed by atoms with E-state index in [0.717, 1.165) is 49.4 Å². The molecule has 2 aromatic carbocycles. The second kappa shape index (κ2) is 7.59. The Morgan fingerprint density at radius 3 is 2.52 bits per heavy atom. The van der Waals surface area contributed by atoms with Crippen LogP contribution in [0.5, 0.6) is 0 Å². The molecule has 1 aliphatic heterocycles. The third kappa shape index (κ3) is 4.32. The SMILES string of the molecule is Cc1ccc(C)c(CN2CCc3nc(-c4ccc(C(F)(F)F)cc4)ncc3C2)c1. The van der Waals surface area contributed by atoms with Gasteiger partial charge in [-0.15, -0.1) is 0 Å². The molecule has 0 amide bonds. The Morgan fingerprint density at radius 2 is 1.79 bits per heavy atom. The molecule has 0 saturated heterocycles. The minimum absolute atomic E-state index is 0.473. The Labute approximate surface area is 168 Å². The lowest BCUT2D eigenvalue weighted by Crippen LogP contribution is -2.31. The second-order valence-electron chi connectivity index (χ2n) is 7.63.